The molecule has 0 heterocycles. The molecule has 0 aliphatic carbocycles. The number of nitrogen functional groups attached to an aromatic ring is 1. The van der Waals surface area contributed by atoms with Gasteiger partial charge in [-0.2, -0.15) is 8.42 Å². The Morgan fingerprint density at radius 1 is 0.889 bits per heavy atom. The second-order valence-corrected chi connectivity index (χ2v) is 9.26. The summed E-state index contributed by atoms with van der Waals surface area (Å²) in [6.07, 6.45) is 0.733. The van der Waals surface area contributed by atoms with Crippen LogP contribution in [-0.4, -0.2) is 44.8 Å². The first kappa shape index (κ1) is 26.1. The predicted molar refractivity (Wildman–Crippen MR) is 136 cm³/mol. The lowest BCUT2D eigenvalue weighted by atomic mass is 9.93. The first-order valence-corrected chi connectivity index (χ1v) is 12.5. The molecule has 0 aliphatic heterocycles. The van der Waals surface area contributed by atoms with Crippen LogP contribution >= 0.6 is 0 Å². The molecular weight excluding hydrogens is 484 g/mol. The maximum absolute atomic E-state index is 13.1. The van der Waals surface area contributed by atoms with E-state index in [4.69, 9.17) is 11.1 Å². The van der Waals surface area contributed by atoms with E-state index < -0.39 is 27.9 Å². The summed E-state index contributed by atoms with van der Waals surface area (Å²) in [5, 5.41) is 12.8. The number of benzene rings is 3. The van der Waals surface area contributed by atoms with Crippen LogP contribution in [0.4, 0.5) is 5.69 Å². The van der Waals surface area contributed by atoms with Crippen LogP contribution in [-0.2, 0) is 14.3 Å². The van der Waals surface area contributed by atoms with E-state index in [1.54, 1.807) is 49.4 Å². The molecule has 2 amide bonds. The van der Waals surface area contributed by atoms with E-state index in [1.807, 2.05) is 0 Å². The molecule has 5 N–H and O–H groups in total. The fourth-order valence-electron chi connectivity index (χ4n) is 3.38. The van der Waals surface area contributed by atoms with Gasteiger partial charge in [-0.1, -0.05) is 24.3 Å². The van der Waals surface area contributed by atoms with Gasteiger partial charge in [-0.15, -0.1) is 0 Å². The standard InChI is InChI=1S/C25H24N4O6S/c1-3-28-23(30)16-10-13-19(21(14-16)25(32)35-36(2,33)34)18-6-4-5-7-20(18)24(31)29-17-11-8-15(9-12-17)22(26)27/h4-14H,3H2,1-2H3,(H3,26,27)(H,28,30)(H,29,31). The van der Waals surface area contributed by atoms with Gasteiger partial charge in [-0.25, -0.2) is 4.79 Å². The van der Waals surface area contributed by atoms with E-state index in [2.05, 4.69) is 14.8 Å². The molecule has 0 spiro atoms. The van der Waals surface area contributed by atoms with Gasteiger partial charge in [0, 0.05) is 28.9 Å². The molecule has 3 rings (SSSR count). The molecule has 0 radical (unpaired) electrons. The second kappa shape index (κ2) is 10.8. The van der Waals surface area contributed by atoms with Crippen LogP contribution in [0, 0.1) is 5.41 Å². The molecule has 3 aromatic carbocycles. The number of hydrogen-bond acceptors (Lipinski definition) is 7. The van der Waals surface area contributed by atoms with Gasteiger partial charge in [-0.3, -0.25) is 15.0 Å². The Hall–Kier alpha value is -4.51. The first-order valence-electron chi connectivity index (χ1n) is 10.7. The zero-order chi connectivity index (χ0) is 26.5. The molecule has 0 fully saturated rings. The molecule has 0 aliphatic rings. The Balaban J connectivity index is 2.06. The molecule has 186 valence electrons. The number of amidine groups is 1. The zero-order valence-electron chi connectivity index (χ0n) is 19.5. The molecule has 0 atom stereocenters. The van der Waals surface area contributed by atoms with Crippen molar-refractivity contribution in [1.82, 2.24) is 5.32 Å². The smallest absolute Gasteiger partial charge is 0.354 e. The number of nitrogens with two attached hydrogens (primary N) is 1. The topological polar surface area (TPSA) is 169 Å². The molecule has 0 bridgehead atoms. The van der Waals surface area contributed by atoms with E-state index in [1.165, 1.54) is 24.3 Å². The summed E-state index contributed by atoms with van der Waals surface area (Å²) in [5.74, 6) is -2.26. The molecule has 0 aromatic heterocycles. The molecule has 11 heteroatoms. The van der Waals surface area contributed by atoms with Crippen molar-refractivity contribution in [3.05, 3.63) is 89.0 Å². The van der Waals surface area contributed by atoms with Gasteiger partial charge in [0.25, 0.3) is 11.8 Å². The number of anilines is 1. The van der Waals surface area contributed by atoms with Gasteiger partial charge in [0.1, 0.15) is 5.84 Å². The van der Waals surface area contributed by atoms with Crippen LogP contribution in [0.2, 0.25) is 0 Å². The minimum absolute atomic E-state index is 0.109. The highest BCUT2D eigenvalue weighted by Gasteiger charge is 2.23. The van der Waals surface area contributed by atoms with Crippen LogP contribution in [0.5, 0.6) is 0 Å². The fraction of sp³-hybridized carbons (Fsp3) is 0.120. The van der Waals surface area contributed by atoms with Gasteiger partial charge < -0.3 is 20.6 Å². The van der Waals surface area contributed by atoms with Crippen LogP contribution in [0.1, 0.15) is 43.6 Å². The number of carbonyl (C=O) groups excluding carboxylic acids is 3. The Bertz CT molecular complexity index is 1450. The van der Waals surface area contributed by atoms with E-state index in [0.29, 0.717) is 23.4 Å². The molecule has 36 heavy (non-hydrogen) atoms. The molecule has 0 saturated heterocycles. The monoisotopic (exact) mass is 508 g/mol. The van der Waals surface area contributed by atoms with Crippen LogP contribution in [0.15, 0.2) is 66.7 Å². The van der Waals surface area contributed by atoms with Gasteiger partial charge in [0.2, 0.25) is 0 Å². The highest BCUT2D eigenvalue weighted by atomic mass is 32.2. The van der Waals surface area contributed by atoms with Gasteiger partial charge >= 0.3 is 16.1 Å². The minimum atomic E-state index is -4.14. The van der Waals surface area contributed by atoms with E-state index in [9.17, 15) is 22.8 Å². The lowest BCUT2D eigenvalue weighted by Gasteiger charge is -2.15. The van der Waals surface area contributed by atoms with E-state index in [-0.39, 0.29) is 28.1 Å². The first-order chi connectivity index (χ1) is 17.0. The highest BCUT2D eigenvalue weighted by Crippen LogP contribution is 2.30. The van der Waals surface area contributed by atoms with Crippen LogP contribution in [0.25, 0.3) is 11.1 Å². The van der Waals surface area contributed by atoms with Crippen molar-refractivity contribution in [2.75, 3.05) is 18.1 Å². The average molecular weight is 509 g/mol. The summed E-state index contributed by atoms with van der Waals surface area (Å²) in [4.78, 5) is 38.3. The van der Waals surface area contributed by atoms with Gasteiger partial charge in [0.15, 0.2) is 0 Å². The summed E-state index contributed by atoms with van der Waals surface area (Å²) < 4.78 is 27.8. The second-order valence-electron chi connectivity index (χ2n) is 7.69. The van der Waals surface area contributed by atoms with Crippen molar-refractivity contribution in [1.29, 1.82) is 5.41 Å². The molecule has 10 nitrogen and oxygen atoms in total. The van der Waals surface area contributed by atoms with Crippen LogP contribution in [0.3, 0.4) is 0 Å². The molecular formula is C25H24N4O6S. The number of amides is 2. The lowest BCUT2D eigenvalue weighted by Crippen LogP contribution is -2.23. The summed E-state index contributed by atoms with van der Waals surface area (Å²) in [7, 11) is -4.14. The Labute approximate surface area is 208 Å². The van der Waals surface area contributed by atoms with Gasteiger partial charge in [-0.05, 0) is 60.5 Å². The fourth-order valence-corrected chi connectivity index (χ4v) is 3.75. The third kappa shape index (κ3) is 6.33. The van der Waals surface area contributed by atoms with Crippen molar-refractivity contribution in [3.63, 3.8) is 0 Å². The van der Waals surface area contributed by atoms with Crippen molar-refractivity contribution < 1.29 is 27.0 Å². The largest absolute Gasteiger partial charge is 0.384 e. The van der Waals surface area contributed by atoms with Crippen LogP contribution < -0.4 is 16.4 Å². The molecule has 0 saturated carbocycles. The summed E-state index contributed by atoms with van der Waals surface area (Å²) in [6.45, 7) is 2.08. The van der Waals surface area contributed by atoms with Gasteiger partial charge in [0.05, 0.1) is 11.8 Å². The maximum Gasteiger partial charge on any atom is 0.354 e. The Morgan fingerprint density at radius 2 is 1.50 bits per heavy atom. The van der Waals surface area contributed by atoms with Crippen molar-refractivity contribution in [3.8, 4) is 11.1 Å². The third-order valence-corrected chi connectivity index (χ3v) is 5.44. The Kier molecular flexibility index (Phi) is 7.85. The normalized spacial score (nSPS) is 10.8. The maximum atomic E-state index is 13.1. The van der Waals surface area contributed by atoms with Crippen molar-refractivity contribution >= 4 is 39.4 Å². The summed E-state index contributed by atoms with van der Waals surface area (Å²) in [6, 6.07) is 16.9. The molecule has 0 unspecified atom stereocenters. The number of rotatable bonds is 8. The highest BCUT2D eigenvalue weighted by molar-refractivity contribution is 7.86. The quantitative estimate of drug-likeness (QED) is 0.206. The minimum Gasteiger partial charge on any atom is -0.384 e. The van der Waals surface area contributed by atoms with Crippen molar-refractivity contribution in [2.24, 2.45) is 5.73 Å². The number of hydrogen-bond donors (Lipinski definition) is 4. The van der Waals surface area contributed by atoms with E-state index in [0.717, 1.165) is 6.26 Å². The molecule has 3 aromatic rings. The Morgan fingerprint density at radius 3 is 2.11 bits per heavy atom. The number of nitrogens with one attached hydrogen (secondary N) is 3. The van der Waals surface area contributed by atoms with E-state index >= 15 is 0 Å². The average Bonchev–Trinajstić information content (AvgIpc) is 2.83. The summed E-state index contributed by atoms with van der Waals surface area (Å²) in [5.41, 5.74) is 7.03. The zero-order valence-corrected chi connectivity index (χ0v) is 20.3. The predicted octanol–water partition coefficient (Wildman–Crippen LogP) is 2.76. The summed E-state index contributed by atoms with van der Waals surface area (Å²) >= 11 is 0. The lowest BCUT2D eigenvalue weighted by molar-refractivity contribution is 0.0748. The SMILES string of the molecule is CCNC(=O)c1ccc(-c2ccccc2C(=O)Nc2ccc(C(=N)N)cc2)c(C(=O)OS(C)(=O)=O)c1. The number of carbonyl (C=O) groups is 3. The van der Waals surface area contributed by atoms with Crippen molar-refractivity contribution in [2.45, 2.75) is 6.92 Å². The third-order valence-electron chi connectivity index (χ3n) is 4.98.